The number of aromatic nitrogens is 3. The molecule has 0 saturated carbocycles. The van der Waals surface area contributed by atoms with E-state index < -0.39 is 0 Å². The number of rotatable bonds is 2. The number of nitrogens with one attached hydrogen (secondary N) is 1. The molecule has 1 N–H and O–H groups in total. The molecule has 1 unspecified atom stereocenters. The Morgan fingerprint density at radius 3 is 2.81 bits per heavy atom. The highest BCUT2D eigenvalue weighted by atomic mass is 15.1. The van der Waals surface area contributed by atoms with Crippen LogP contribution >= 0.6 is 0 Å². The fraction of sp³-hybridized carbons (Fsp3) is 0.235. The van der Waals surface area contributed by atoms with Gasteiger partial charge in [-0.15, -0.1) is 0 Å². The Hall–Kier alpha value is -2.49. The van der Waals surface area contributed by atoms with Gasteiger partial charge in [-0.25, -0.2) is 9.97 Å². The molecule has 0 fully saturated rings. The Kier molecular flexibility index (Phi) is 2.99. The normalized spacial score (nSPS) is 17.4. The summed E-state index contributed by atoms with van der Waals surface area (Å²) < 4.78 is 0. The zero-order valence-corrected chi connectivity index (χ0v) is 11.7. The number of anilines is 1. The summed E-state index contributed by atoms with van der Waals surface area (Å²) in [6.45, 7) is 0. The van der Waals surface area contributed by atoms with E-state index in [0.717, 1.165) is 36.1 Å². The van der Waals surface area contributed by atoms with Crippen LogP contribution in [-0.2, 0) is 12.8 Å². The second kappa shape index (κ2) is 5.13. The van der Waals surface area contributed by atoms with E-state index in [9.17, 15) is 0 Å². The first-order chi connectivity index (χ1) is 10.4. The van der Waals surface area contributed by atoms with Crippen molar-refractivity contribution in [2.24, 2.45) is 0 Å². The molecule has 1 aliphatic carbocycles. The zero-order valence-electron chi connectivity index (χ0n) is 11.7. The van der Waals surface area contributed by atoms with Gasteiger partial charge in [0, 0.05) is 12.2 Å². The minimum atomic E-state index is 0.403. The third-order valence-electron chi connectivity index (χ3n) is 4.08. The molecule has 21 heavy (non-hydrogen) atoms. The summed E-state index contributed by atoms with van der Waals surface area (Å²) in [6.07, 6.45) is 6.66. The van der Waals surface area contributed by atoms with E-state index in [1.54, 1.807) is 12.5 Å². The maximum absolute atomic E-state index is 4.40. The first-order valence-corrected chi connectivity index (χ1v) is 7.29. The first-order valence-electron chi connectivity index (χ1n) is 7.29. The van der Waals surface area contributed by atoms with E-state index >= 15 is 0 Å². The molecule has 3 aromatic rings. The number of nitrogens with zero attached hydrogens (tertiary/aromatic N) is 3. The molecule has 1 atom stereocenters. The molecule has 1 aliphatic rings. The van der Waals surface area contributed by atoms with Gasteiger partial charge in [0.25, 0.3) is 0 Å². The predicted octanol–water partition coefficient (Wildman–Crippen LogP) is 2.99. The minimum Gasteiger partial charge on any atom is -0.365 e. The number of aryl methyl sites for hydroxylation is 1. The topological polar surface area (TPSA) is 50.7 Å². The molecule has 0 saturated heterocycles. The van der Waals surface area contributed by atoms with Crippen LogP contribution in [0.2, 0.25) is 0 Å². The van der Waals surface area contributed by atoms with Crippen LogP contribution in [0, 0.1) is 0 Å². The summed E-state index contributed by atoms with van der Waals surface area (Å²) in [5.41, 5.74) is 4.64. The third-order valence-corrected chi connectivity index (χ3v) is 4.08. The molecule has 0 aliphatic heterocycles. The third kappa shape index (κ3) is 2.33. The molecule has 0 bridgehead atoms. The molecule has 2 aromatic heterocycles. The quantitative estimate of drug-likeness (QED) is 0.781. The molecule has 1 aromatic carbocycles. The van der Waals surface area contributed by atoms with Gasteiger partial charge in [-0.2, -0.15) is 0 Å². The minimum absolute atomic E-state index is 0.403. The molecular formula is C17H16N4. The second-order valence-electron chi connectivity index (χ2n) is 5.45. The molecule has 4 nitrogen and oxygen atoms in total. The summed E-state index contributed by atoms with van der Waals surface area (Å²) >= 11 is 0. The standard InChI is InChI=1S/C17H16N4/c1-2-5-13-10-14(8-7-12(13)4-1)21-17-16-15(19-11-20-17)6-3-9-18-16/h1-6,9,11,14H,7-8,10H2,(H,19,20,21). The number of hydrogen-bond acceptors (Lipinski definition) is 4. The van der Waals surface area contributed by atoms with Crippen LogP contribution < -0.4 is 5.32 Å². The van der Waals surface area contributed by atoms with Crippen LogP contribution in [-0.4, -0.2) is 21.0 Å². The van der Waals surface area contributed by atoms with Gasteiger partial charge in [0.2, 0.25) is 0 Å². The second-order valence-corrected chi connectivity index (χ2v) is 5.45. The highest BCUT2D eigenvalue weighted by molar-refractivity contribution is 5.84. The van der Waals surface area contributed by atoms with Crippen molar-refractivity contribution in [1.29, 1.82) is 0 Å². The van der Waals surface area contributed by atoms with Crippen molar-refractivity contribution in [3.63, 3.8) is 0 Å². The number of benzene rings is 1. The Morgan fingerprint density at radius 2 is 1.86 bits per heavy atom. The van der Waals surface area contributed by atoms with Gasteiger partial charge < -0.3 is 5.32 Å². The molecule has 104 valence electrons. The molecule has 0 spiro atoms. The van der Waals surface area contributed by atoms with Gasteiger partial charge in [-0.05, 0) is 42.5 Å². The Labute approximate surface area is 123 Å². The van der Waals surface area contributed by atoms with E-state index in [4.69, 9.17) is 0 Å². The Bertz CT molecular complexity index is 779. The van der Waals surface area contributed by atoms with Crippen molar-refractivity contribution in [3.05, 3.63) is 60.0 Å². The summed E-state index contributed by atoms with van der Waals surface area (Å²) in [5, 5.41) is 3.55. The van der Waals surface area contributed by atoms with E-state index in [-0.39, 0.29) is 0 Å². The highest BCUT2D eigenvalue weighted by Gasteiger charge is 2.19. The lowest BCUT2D eigenvalue weighted by molar-refractivity contribution is 0.609. The summed E-state index contributed by atoms with van der Waals surface area (Å²) in [4.78, 5) is 13.0. The number of fused-ring (bicyclic) bond motifs is 2. The van der Waals surface area contributed by atoms with Crippen molar-refractivity contribution in [2.45, 2.75) is 25.3 Å². The lowest BCUT2D eigenvalue weighted by Gasteiger charge is -2.26. The van der Waals surface area contributed by atoms with Crippen molar-refractivity contribution in [3.8, 4) is 0 Å². The van der Waals surface area contributed by atoms with Crippen LogP contribution in [0.3, 0.4) is 0 Å². The summed E-state index contributed by atoms with van der Waals surface area (Å²) in [5.74, 6) is 0.838. The van der Waals surface area contributed by atoms with Gasteiger partial charge in [0.05, 0.1) is 5.52 Å². The maximum Gasteiger partial charge on any atom is 0.156 e. The Balaban J connectivity index is 1.62. The van der Waals surface area contributed by atoms with Crippen LogP contribution in [0.1, 0.15) is 17.5 Å². The van der Waals surface area contributed by atoms with E-state index in [1.165, 1.54) is 11.1 Å². The van der Waals surface area contributed by atoms with Crippen LogP contribution in [0.25, 0.3) is 11.0 Å². The first kappa shape index (κ1) is 12.3. The fourth-order valence-electron chi connectivity index (χ4n) is 3.01. The van der Waals surface area contributed by atoms with E-state index in [1.807, 2.05) is 12.1 Å². The van der Waals surface area contributed by atoms with Gasteiger partial charge in [-0.1, -0.05) is 24.3 Å². The largest absolute Gasteiger partial charge is 0.365 e. The number of hydrogen-bond donors (Lipinski definition) is 1. The molecule has 4 rings (SSSR count). The molecular weight excluding hydrogens is 260 g/mol. The smallest absolute Gasteiger partial charge is 0.156 e. The van der Waals surface area contributed by atoms with Gasteiger partial charge in [0.15, 0.2) is 5.82 Å². The van der Waals surface area contributed by atoms with Crippen LogP contribution in [0.4, 0.5) is 5.82 Å². The van der Waals surface area contributed by atoms with Crippen molar-refractivity contribution in [1.82, 2.24) is 15.0 Å². The highest BCUT2D eigenvalue weighted by Crippen LogP contribution is 2.24. The van der Waals surface area contributed by atoms with E-state index in [2.05, 4.69) is 44.5 Å². The lowest BCUT2D eigenvalue weighted by atomic mass is 9.88. The van der Waals surface area contributed by atoms with Gasteiger partial charge in [-0.3, -0.25) is 4.98 Å². The molecule has 2 heterocycles. The SMILES string of the molecule is c1ccc2c(c1)CCC(Nc1ncnc3cccnc13)C2. The lowest BCUT2D eigenvalue weighted by Crippen LogP contribution is -2.27. The molecule has 4 heteroatoms. The number of pyridine rings is 1. The van der Waals surface area contributed by atoms with Gasteiger partial charge >= 0.3 is 0 Å². The van der Waals surface area contributed by atoms with Crippen molar-refractivity contribution >= 4 is 16.9 Å². The van der Waals surface area contributed by atoms with Crippen molar-refractivity contribution in [2.75, 3.05) is 5.32 Å². The summed E-state index contributed by atoms with van der Waals surface area (Å²) in [7, 11) is 0. The average molecular weight is 276 g/mol. The molecule has 0 amide bonds. The fourth-order valence-corrected chi connectivity index (χ4v) is 3.01. The monoisotopic (exact) mass is 276 g/mol. The summed E-state index contributed by atoms with van der Waals surface area (Å²) in [6, 6.07) is 12.9. The van der Waals surface area contributed by atoms with Crippen LogP contribution in [0.15, 0.2) is 48.9 Å². The predicted molar refractivity (Wildman–Crippen MR) is 83.2 cm³/mol. The average Bonchev–Trinajstić information content (AvgIpc) is 2.55. The van der Waals surface area contributed by atoms with E-state index in [0.29, 0.717) is 6.04 Å². The van der Waals surface area contributed by atoms with Gasteiger partial charge in [0.1, 0.15) is 11.8 Å². The van der Waals surface area contributed by atoms with Crippen LogP contribution in [0.5, 0.6) is 0 Å². The maximum atomic E-state index is 4.40. The van der Waals surface area contributed by atoms with Crippen molar-refractivity contribution < 1.29 is 0 Å². The Morgan fingerprint density at radius 1 is 0.952 bits per heavy atom. The molecule has 0 radical (unpaired) electrons. The zero-order chi connectivity index (χ0) is 14.1.